The van der Waals surface area contributed by atoms with Gasteiger partial charge in [-0.1, -0.05) is 13.8 Å². The van der Waals surface area contributed by atoms with Gasteiger partial charge in [0.25, 0.3) is 5.56 Å². The average Bonchev–Trinajstić information content (AvgIpc) is 2.83. The maximum Gasteiger partial charge on any atom is 0.309 e. The van der Waals surface area contributed by atoms with Crippen LogP contribution in [0.5, 0.6) is 0 Å². The Labute approximate surface area is 236 Å². The van der Waals surface area contributed by atoms with Crippen LogP contribution < -0.4 is 11.3 Å². The Hall–Kier alpha value is -3.95. The van der Waals surface area contributed by atoms with Crippen LogP contribution in [0.2, 0.25) is 0 Å². The van der Waals surface area contributed by atoms with Crippen molar-refractivity contribution in [3.63, 3.8) is 0 Å². The second kappa shape index (κ2) is 12.7. The number of nitrogens with zero attached hydrogens (tertiary/aromatic N) is 1. The molecule has 0 aliphatic rings. The van der Waals surface area contributed by atoms with Crippen LogP contribution in [0.1, 0.15) is 75.4 Å². The van der Waals surface area contributed by atoms with Crippen molar-refractivity contribution < 1.29 is 31.9 Å². The van der Waals surface area contributed by atoms with E-state index in [4.69, 9.17) is 10.5 Å². The number of benzene rings is 2. The van der Waals surface area contributed by atoms with Crippen LogP contribution in [0.25, 0.3) is 5.69 Å². The third-order valence-corrected chi connectivity index (χ3v) is 6.36. The number of esters is 1. The van der Waals surface area contributed by atoms with Gasteiger partial charge in [-0.2, -0.15) is 0 Å². The molecule has 1 heterocycles. The van der Waals surface area contributed by atoms with Crippen LogP contribution >= 0.6 is 0 Å². The molecule has 0 spiro atoms. The first-order valence-electron chi connectivity index (χ1n) is 13.3. The Balaban J connectivity index is 1.87. The first-order chi connectivity index (χ1) is 19.1. The van der Waals surface area contributed by atoms with E-state index in [-0.39, 0.29) is 24.2 Å². The zero-order chi connectivity index (χ0) is 30.6. The predicted octanol–water partition coefficient (Wildman–Crippen LogP) is 6.53. The van der Waals surface area contributed by atoms with E-state index in [1.807, 2.05) is 13.8 Å². The van der Waals surface area contributed by atoms with Gasteiger partial charge in [-0.15, -0.1) is 0 Å². The minimum absolute atomic E-state index is 0.243. The molecular formula is C31H34F4N2O4. The number of ether oxygens (including phenoxy) is 1. The molecule has 0 unspecified atom stereocenters. The molecule has 2 N–H and O–H groups in total. The summed E-state index contributed by atoms with van der Waals surface area (Å²) in [5.41, 5.74) is 3.03. The second-order valence-corrected chi connectivity index (χ2v) is 11.4. The molecule has 3 rings (SSSR count). The van der Waals surface area contributed by atoms with Crippen molar-refractivity contribution in [3.8, 4) is 5.69 Å². The summed E-state index contributed by atoms with van der Waals surface area (Å²) in [5, 5.41) is 0. The largest absolute Gasteiger partial charge is 0.460 e. The van der Waals surface area contributed by atoms with E-state index in [0.29, 0.717) is 35.5 Å². The van der Waals surface area contributed by atoms with E-state index in [0.717, 1.165) is 36.4 Å². The highest BCUT2D eigenvalue weighted by Gasteiger charge is 2.26. The predicted molar refractivity (Wildman–Crippen MR) is 148 cm³/mol. The zero-order valence-corrected chi connectivity index (χ0v) is 23.7. The molecule has 41 heavy (non-hydrogen) atoms. The van der Waals surface area contributed by atoms with Gasteiger partial charge >= 0.3 is 5.97 Å². The van der Waals surface area contributed by atoms with E-state index in [2.05, 4.69) is 0 Å². The molecule has 0 saturated carbocycles. The van der Waals surface area contributed by atoms with Crippen molar-refractivity contribution in [1.29, 1.82) is 0 Å². The van der Waals surface area contributed by atoms with Gasteiger partial charge in [-0.05, 0) is 88.3 Å². The first-order valence-corrected chi connectivity index (χ1v) is 13.3. The molecule has 0 fully saturated rings. The molecule has 0 radical (unpaired) electrons. The summed E-state index contributed by atoms with van der Waals surface area (Å²) >= 11 is 0. The number of carbonyl (C=O) groups excluding carboxylic acids is 2. The fourth-order valence-corrected chi connectivity index (χ4v) is 4.61. The number of hydrogen-bond donors (Lipinski definition) is 1. The summed E-state index contributed by atoms with van der Waals surface area (Å²) in [6, 6.07) is 6.30. The number of aromatic nitrogens is 1. The minimum atomic E-state index is -1.16. The summed E-state index contributed by atoms with van der Waals surface area (Å²) in [7, 11) is 0. The summed E-state index contributed by atoms with van der Waals surface area (Å²) in [6.07, 6.45) is 1.76. The highest BCUT2D eigenvalue weighted by molar-refractivity contribution is 6.11. The lowest BCUT2D eigenvalue weighted by molar-refractivity contribution is -0.160. The first kappa shape index (κ1) is 31.6. The highest BCUT2D eigenvalue weighted by Crippen LogP contribution is 2.27. The second-order valence-electron chi connectivity index (χ2n) is 11.4. The van der Waals surface area contributed by atoms with Gasteiger partial charge in [0, 0.05) is 12.1 Å². The molecule has 2 aromatic carbocycles. The summed E-state index contributed by atoms with van der Waals surface area (Å²) in [5.74, 6) is -6.30. The summed E-state index contributed by atoms with van der Waals surface area (Å²) in [4.78, 5) is 38.2. The molecule has 10 heteroatoms. The van der Waals surface area contributed by atoms with Gasteiger partial charge in [0.05, 0.1) is 17.0 Å². The van der Waals surface area contributed by atoms with Gasteiger partial charge in [0.2, 0.25) is 0 Å². The van der Waals surface area contributed by atoms with Crippen LogP contribution in [0.4, 0.5) is 23.4 Å². The fourth-order valence-electron chi connectivity index (χ4n) is 4.61. The number of nitrogen functional groups attached to an aromatic ring is 1. The smallest absolute Gasteiger partial charge is 0.309 e. The number of halogens is 4. The van der Waals surface area contributed by atoms with Crippen LogP contribution in [0.3, 0.4) is 0 Å². The Bertz CT molecular complexity index is 1490. The SMILES string of the molecule is CC(C)C[C@H](CCCc1cc(F)c(-n2c(N)c(C(=O)c3ccc(F)cc3F)ccc2=O)c(F)c1)C(=O)OC(C)(C)C. The summed E-state index contributed by atoms with van der Waals surface area (Å²) in [6.45, 7) is 9.35. The molecule has 3 aromatic rings. The number of aryl methyl sites for hydroxylation is 1. The molecule has 0 amide bonds. The average molecular weight is 575 g/mol. The number of rotatable bonds is 10. The van der Waals surface area contributed by atoms with Gasteiger partial charge in [0.15, 0.2) is 17.4 Å². The quantitative estimate of drug-likeness (QED) is 0.169. The van der Waals surface area contributed by atoms with Gasteiger partial charge in [-0.25, -0.2) is 17.6 Å². The molecule has 0 aliphatic heterocycles. The lowest BCUT2D eigenvalue weighted by Gasteiger charge is -2.25. The number of nitrogens with two attached hydrogens (primary N) is 1. The van der Waals surface area contributed by atoms with Gasteiger partial charge in [0.1, 0.15) is 28.7 Å². The standard InChI is InChI=1S/C31H34F4N2O4/c1-17(2)13-19(30(40)41-31(3,4)5)8-6-7-18-14-24(34)27(25(35)15-18)37-26(38)12-11-22(29(37)36)28(39)21-10-9-20(32)16-23(21)33/h9-12,14-17,19H,6-8,13,36H2,1-5H3/t19-/m0/s1. The van der Waals surface area contributed by atoms with Gasteiger partial charge < -0.3 is 10.5 Å². The molecule has 6 nitrogen and oxygen atoms in total. The van der Waals surface area contributed by atoms with Crippen molar-refractivity contribution in [2.45, 2.75) is 65.9 Å². The van der Waals surface area contributed by atoms with Crippen LogP contribution in [0, 0.1) is 35.1 Å². The minimum Gasteiger partial charge on any atom is -0.460 e. The molecule has 0 bridgehead atoms. The maximum absolute atomic E-state index is 15.3. The summed E-state index contributed by atoms with van der Waals surface area (Å²) < 4.78 is 64.1. The Morgan fingerprint density at radius 3 is 2.10 bits per heavy atom. The van der Waals surface area contributed by atoms with Crippen LogP contribution in [-0.2, 0) is 16.0 Å². The molecule has 1 aromatic heterocycles. The normalized spacial score (nSPS) is 12.4. The van der Waals surface area contributed by atoms with E-state index in [9.17, 15) is 23.2 Å². The fraction of sp³-hybridized carbons (Fsp3) is 0.387. The molecule has 1 atom stereocenters. The monoisotopic (exact) mass is 574 g/mol. The molecule has 220 valence electrons. The van der Waals surface area contributed by atoms with E-state index < -0.39 is 62.8 Å². The van der Waals surface area contributed by atoms with Crippen molar-refractivity contribution in [1.82, 2.24) is 4.57 Å². The van der Waals surface area contributed by atoms with Crippen molar-refractivity contribution in [2.75, 3.05) is 5.73 Å². The maximum atomic E-state index is 15.3. The van der Waals surface area contributed by atoms with Crippen molar-refractivity contribution >= 4 is 17.6 Å². The lowest BCUT2D eigenvalue weighted by Crippen LogP contribution is -2.29. The molecule has 0 saturated heterocycles. The number of hydrogen-bond acceptors (Lipinski definition) is 5. The highest BCUT2D eigenvalue weighted by atomic mass is 19.1. The third kappa shape index (κ3) is 7.83. The Morgan fingerprint density at radius 1 is 0.927 bits per heavy atom. The van der Waals surface area contributed by atoms with E-state index in [1.165, 1.54) is 0 Å². The lowest BCUT2D eigenvalue weighted by atomic mass is 9.91. The topological polar surface area (TPSA) is 91.4 Å². The molecular weight excluding hydrogens is 540 g/mol. The van der Waals surface area contributed by atoms with Gasteiger partial charge in [-0.3, -0.25) is 19.0 Å². The Morgan fingerprint density at radius 2 is 1.54 bits per heavy atom. The van der Waals surface area contributed by atoms with E-state index in [1.54, 1.807) is 20.8 Å². The number of carbonyl (C=O) groups is 2. The third-order valence-electron chi connectivity index (χ3n) is 6.36. The van der Waals surface area contributed by atoms with Crippen LogP contribution in [0.15, 0.2) is 47.3 Å². The van der Waals surface area contributed by atoms with E-state index >= 15 is 8.78 Å². The van der Waals surface area contributed by atoms with Crippen molar-refractivity contribution in [3.05, 3.63) is 92.8 Å². The van der Waals surface area contributed by atoms with Crippen molar-refractivity contribution in [2.24, 2.45) is 11.8 Å². The molecule has 0 aliphatic carbocycles. The Kier molecular flexibility index (Phi) is 9.78. The number of ketones is 1. The number of anilines is 1. The van der Waals surface area contributed by atoms with Crippen LogP contribution in [-0.4, -0.2) is 21.9 Å². The zero-order valence-electron chi connectivity index (χ0n) is 23.7. The number of pyridine rings is 1.